The Balaban J connectivity index is 2.12. The molecular weight excluding hydrogens is 450 g/mol. The van der Waals surface area contributed by atoms with Gasteiger partial charge in [-0.25, -0.2) is 12.8 Å². The summed E-state index contributed by atoms with van der Waals surface area (Å²) in [7, 11) is -3.92. The maximum atomic E-state index is 13.6. The molecule has 3 rings (SSSR count). The molecule has 0 spiro atoms. The van der Waals surface area contributed by atoms with E-state index in [-0.39, 0.29) is 23.7 Å². The molecule has 3 nitrogen and oxygen atoms in total. The molecule has 156 valence electrons. The van der Waals surface area contributed by atoms with Crippen molar-refractivity contribution in [3.8, 4) is 0 Å². The molecule has 10 heteroatoms. The van der Waals surface area contributed by atoms with Gasteiger partial charge in [-0.3, -0.25) is 4.31 Å². The summed E-state index contributed by atoms with van der Waals surface area (Å²) >= 11 is 6.87. The van der Waals surface area contributed by atoms with Gasteiger partial charge in [0, 0.05) is 10.6 Å². The third-order valence-corrected chi connectivity index (χ3v) is 7.91. The van der Waals surface area contributed by atoms with E-state index in [2.05, 4.69) is 0 Å². The molecular formula is C19H16ClF4NO2S2. The van der Waals surface area contributed by atoms with Crippen molar-refractivity contribution in [3.63, 3.8) is 0 Å². The number of nitrogens with zero attached hydrogens (tertiary/aromatic N) is 1. The van der Waals surface area contributed by atoms with Gasteiger partial charge in [-0.2, -0.15) is 13.2 Å². The van der Waals surface area contributed by atoms with Gasteiger partial charge in [-0.1, -0.05) is 24.3 Å². The Hall–Kier alpha value is -1.84. The van der Waals surface area contributed by atoms with E-state index >= 15 is 0 Å². The number of hydrogen-bond acceptors (Lipinski definition) is 3. The third-order valence-electron chi connectivity index (χ3n) is 4.38. The van der Waals surface area contributed by atoms with Crippen LogP contribution < -0.4 is 4.31 Å². The van der Waals surface area contributed by atoms with Crippen molar-refractivity contribution in [2.75, 3.05) is 15.9 Å². The minimum atomic E-state index is -4.88. The van der Waals surface area contributed by atoms with Crippen molar-refractivity contribution < 1.29 is 26.0 Å². The fourth-order valence-electron chi connectivity index (χ4n) is 2.96. The number of sulfonamides is 1. The van der Waals surface area contributed by atoms with Crippen LogP contribution in [0.3, 0.4) is 0 Å². The Bertz CT molecular complexity index is 1140. The molecule has 0 N–H and O–H groups in total. The Morgan fingerprint density at radius 1 is 1.14 bits per heavy atom. The first-order valence-electron chi connectivity index (χ1n) is 8.44. The van der Waals surface area contributed by atoms with Crippen molar-refractivity contribution in [2.24, 2.45) is 0 Å². The van der Waals surface area contributed by atoms with E-state index in [9.17, 15) is 26.0 Å². The number of thiophene rings is 1. The highest BCUT2D eigenvalue weighted by Crippen LogP contribution is 2.40. The number of hydrogen-bond donors (Lipinski definition) is 0. The van der Waals surface area contributed by atoms with Crippen LogP contribution in [0.4, 0.5) is 22.6 Å². The van der Waals surface area contributed by atoms with Crippen molar-refractivity contribution in [2.45, 2.75) is 19.6 Å². The van der Waals surface area contributed by atoms with Crippen LogP contribution in [0, 0.1) is 12.7 Å². The van der Waals surface area contributed by atoms with E-state index in [0.717, 1.165) is 20.5 Å². The molecule has 0 radical (unpaired) electrons. The standard InChI is InChI=1S/C19H16ClF4NO2S2/c1-12-14-4-2-3-5-17(14)28-18(12)25(29(26,27)9-8-20)11-13-6-7-16(21)15(10-13)19(22,23)24/h2-7,10H,8-9,11H2,1H3. The smallest absolute Gasteiger partial charge is 0.256 e. The van der Waals surface area contributed by atoms with Crippen molar-refractivity contribution >= 4 is 48.0 Å². The second-order valence-electron chi connectivity index (χ2n) is 6.35. The first-order chi connectivity index (χ1) is 13.5. The Morgan fingerprint density at radius 3 is 2.45 bits per heavy atom. The average molecular weight is 466 g/mol. The minimum absolute atomic E-state index is 0.0220. The summed E-state index contributed by atoms with van der Waals surface area (Å²) < 4.78 is 80.4. The van der Waals surface area contributed by atoms with Gasteiger partial charge in [0.2, 0.25) is 10.0 Å². The average Bonchev–Trinajstić information content (AvgIpc) is 2.96. The number of halogens is 5. The largest absolute Gasteiger partial charge is 0.419 e. The molecule has 2 aromatic carbocycles. The van der Waals surface area contributed by atoms with Gasteiger partial charge in [0.05, 0.1) is 17.9 Å². The molecule has 0 fully saturated rings. The van der Waals surface area contributed by atoms with Gasteiger partial charge in [0.15, 0.2) is 0 Å². The maximum Gasteiger partial charge on any atom is 0.419 e. The molecule has 29 heavy (non-hydrogen) atoms. The van der Waals surface area contributed by atoms with E-state index in [0.29, 0.717) is 22.7 Å². The monoisotopic (exact) mass is 465 g/mol. The highest BCUT2D eigenvalue weighted by atomic mass is 35.5. The molecule has 0 aliphatic rings. The number of rotatable bonds is 6. The SMILES string of the molecule is Cc1c(N(Cc2ccc(F)c(C(F)(F)F)c2)S(=O)(=O)CCCl)sc2ccccc12. The molecule has 0 atom stereocenters. The second-order valence-corrected chi connectivity index (χ2v) is 9.77. The lowest BCUT2D eigenvalue weighted by molar-refractivity contribution is -0.140. The fourth-order valence-corrected chi connectivity index (χ4v) is 6.26. The summed E-state index contributed by atoms with van der Waals surface area (Å²) in [5, 5.41) is 1.25. The normalized spacial score (nSPS) is 12.5. The van der Waals surface area contributed by atoms with Gasteiger partial charge >= 0.3 is 6.18 Å². The van der Waals surface area contributed by atoms with Crippen LogP contribution in [0.2, 0.25) is 0 Å². The maximum absolute atomic E-state index is 13.6. The van der Waals surface area contributed by atoms with Gasteiger partial charge in [-0.15, -0.1) is 22.9 Å². The lowest BCUT2D eigenvalue weighted by Gasteiger charge is -2.24. The predicted octanol–water partition coefficient (Wildman–Crippen LogP) is 5.94. The van der Waals surface area contributed by atoms with Crippen LogP contribution in [-0.2, 0) is 22.7 Å². The molecule has 0 aliphatic carbocycles. The highest BCUT2D eigenvalue weighted by molar-refractivity contribution is 7.93. The Morgan fingerprint density at radius 2 is 1.83 bits per heavy atom. The lowest BCUT2D eigenvalue weighted by Crippen LogP contribution is -2.33. The predicted molar refractivity (Wildman–Crippen MR) is 109 cm³/mol. The van der Waals surface area contributed by atoms with Crippen molar-refractivity contribution in [1.82, 2.24) is 0 Å². The fraction of sp³-hybridized carbons (Fsp3) is 0.263. The number of anilines is 1. The van der Waals surface area contributed by atoms with Crippen LogP contribution in [-0.4, -0.2) is 20.1 Å². The van der Waals surface area contributed by atoms with Gasteiger partial charge in [0.1, 0.15) is 10.8 Å². The summed E-state index contributed by atoms with van der Waals surface area (Å²) in [6, 6.07) is 9.80. The molecule has 1 aromatic heterocycles. The minimum Gasteiger partial charge on any atom is -0.256 e. The lowest BCUT2D eigenvalue weighted by atomic mass is 10.1. The van der Waals surface area contributed by atoms with Crippen molar-refractivity contribution in [3.05, 3.63) is 65.0 Å². The van der Waals surface area contributed by atoms with Crippen molar-refractivity contribution in [1.29, 1.82) is 0 Å². The zero-order chi connectivity index (χ0) is 21.4. The summed E-state index contributed by atoms with van der Waals surface area (Å²) in [4.78, 5) is 0. The van der Waals surface area contributed by atoms with E-state index in [1.807, 2.05) is 24.3 Å². The molecule has 0 bridgehead atoms. The van der Waals surface area contributed by atoms with Gasteiger partial charge in [-0.05, 0) is 41.6 Å². The van der Waals surface area contributed by atoms with Crippen LogP contribution >= 0.6 is 22.9 Å². The van der Waals surface area contributed by atoms with E-state index in [1.54, 1.807) is 6.92 Å². The molecule has 0 aliphatic heterocycles. The van der Waals surface area contributed by atoms with Crippen LogP contribution in [0.1, 0.15) is 16.7 Å². The van der Waals surface area contributed by atoms with Crippen LogP contribution in [0.15, 0.2) is 42.5 Å². The van der Waals surface area contributed by atoms with E-state index in [1.165, 1.54) is 11.3 Å². The van der Waals surface area contributed by atoms with Gasteiger partial charge < -0.3 is 0 Å². The van der Waals surface area contributed by atoms with Gasteiger partial charge in [0.25, 0.3) is 0 Å². The highest BCUT2D eigenvalue weighted by Gasteiger charge is 2.35. The first kappa shape index (κ1) is 21.9. The zero-order valence-electron chi connectivity index (χ0n) is 15.1. The third kappa shape index (κ3) is 4.51. The van der Waals surface area contributed by atoms with E-state index in [4.69, 9.17) is 11.6 Å². The summed E-state index contributed by atoms with van der Waals surface area (Å²) in [6.45, 7) is 1.39. The van der Waals surface area contributed by atoms with E-state index < -0.39 is 27.6 Å². The molecule has 0 amide bonds. The van der Waals surface area contributed by atoms with Crippen LogP contribution in [0.5, 0.6) is 0 Å². The summed E-state index contributed by atoms with van der Waals surface area (Å²) in [5.74, 6) is -1.95. The zero-order valence-corrected chi connectivity index (χ0v) is 17.5. The molecule has 0 saturated heterocycles. The Kier molecular flexibility index (Phi) is 6.12. The molecule has 1 heterocycles. The number of alkyl halides is 4. The number of aryl methyl sites for hydroxylation is 1. The number of benzene rings is 2. The molecule has 0 saturated carbocycles. The molecule has 0 unspecified atom stereocenters. The topological polar surface area (TPSA) is 37.4 Å². The van der Waals surface area contributed by atoms with Crippen LogP contribution in [0.25, 0.3) is 10.1 Å². The summed E-state index contributed by atoms with van der Waals surface area (Å²) in [6.07, 6.45) is -4.88. The quantitative estimate of drug-likeness (QED) is 0.333. The number of fused-ring (bicyclic) bond motifs is 1. The summed E-state index contributed by atoms with van der Waals surface area (Å²) in [5.41, 5.74) is -0.714. The Labute approximate surface area is 174 Å². The molecule has 3 aromatic rings. The second kappa shape index (κ2) is 8.12. The first-order valence-corrected chi connectivity index (χ1v) is 11.4.